The standard InChI is InChI=1S/C24H28N2O3/c1-3-29-24(28)20-9-5-4-8-19(20)16-21(23-25-14-6-7-15-26-23)22(27)18-12-10-17(2)11-13-18/h4-5,8-13,21H,3,6-7,14-16H2,1-2H3,(H,25,26)/p+1. The normalized spacial score (nSPS) is 14.9. The Kier molecular flexibility index (Phi) is 7.17. The van der Waals surface area contributed by atoms with Crippen LogP contribution in [0.4, 0.5) is 0 Å². The summed E-state index contributed by atoms with van der Waals surface area (Å²) in [6, 6.07) is 15.0. The lowest BCUT2D eigenvalue weighted by molar-refractivity contribution is -0.460. The Bertz CT molecular complexity index is 887. The highest BCUT2D eigenvalue weighted by Crippen LogP contribution is 2.20. The van der Waals surface area contributed by atoms with Crippen LogP contribution in [-0.2, 0) is 11.2 Å². The number of carbonyl (C=O) groups is 2. The highest BCUT2D eigenvalue weighted by Gasteiger charge is 2.32. The lowest BCUT2D eigenvalue weighted by Gasteiger charge is -2.17. The van der Waals surface area contributed by atoms with Gasteiger partial charge < -0.3 is 4.74 Å². The minimum absolute atomic E-state index is 0.0422. The lowest BCUT2D eigenvalue weighted by atomic mass is 9.88. The topological polar surface area (TPSA) is 69.4 Å². The predicted octanol–water partition coefficient (Wildman–Crippen LogP) is 2.08. The summed E-state index contributed by atoms with van der Waals surface area (Å²) in [5, 5.41) is 3.41. The van der Waals surface area contributed by atoms with E-state index >= 15 is 0 Å². The lowest BCUT2D eigenvalue weighted by Crippen LogP contribution is -2.77. The number of hydrogen-bond donors (Lipinski definition) is 2. The molecule has 5 nitrogen and oxygen atoms in total. The first-order valence-corrected chi connectivity index (χ1v) is 10.3. The molecule has 0 amide bonds. The van der Waals surface area contributed by atoms with Gasteiger partial charge in [-0.05, 0) is 44.7 Å². The maximum absolute atomic E-state index is 13.5. The van der Waals surface area contributed by atoms with Crippen molar-refractivity contribution in [2.24, 2.45) is 5.92 Å². The van der Waals surface area contributed by atoms with Crippen LogP contribution in [0.5, 0.6) is 0 Å². The Balaban J connectivity index is 1.96. The van der Waals surface area contributed by atoms with Crippen LogP contribution in [0.2, 0.25) is 0 Å². The zero-order chi connectivity index (χ0) is 20.6. The molecule has 0 saturated carbocycles. The van der Waals surface area contributed by atoms with Crippen molar-refractivity contribution < 1.29 is 19.3 Å². The average Bonchev–Trinajstić information content (AvgIpc) is 3.02. The quantitative estimate of drug-likeness (QED) is 0.558. The molecular weight excluding hydrogens is 364 g/mol. The van der Waals surface area contributed by atoms with Gasteiger partial charge in [0, 0.05) is 5.56 Å². The van der Waals surface area contributed by atoms with E-state index in [1.165, 1.54) is 0 Å². The number of ketones is 1. The summed E-state index contributed by atoms with van der Waals surface area (Å²) >= 11 is 0. The Morgan fingerprint density at radius 2 is 1.86 bits per heavy atom. The first kappa shape index (κ1) is 20.8. The Morgan fingerprint density at radius 1 is 1.10 bits per heavy atom. The second-order valence-corrected chi connectivity index (χ2v) is 7.34. The first-order chi connectivity index (χ1) is 14.1. The third-order valence-electron chi connectivity index (χ3n) is 5.17. The van der Waals surface area contributed by atoms with Crippen molar-refractivity contribution in [3.8, 4) is 0 Å². The van der Waals surface area contributed by atoms with E-state index < -0.39 is 5.92 Å². The van der Waals surface area contributed by atoms with Crippen molar-refractivity contribution in [3.05, 3.63) is 70.8 Å². The van der Waals surface area contributed by atoms with E-state index in [1.807, 2.05) is 49.4 Å². The van der Waals surface area contributed by atoms with E-state index in [9.17, 15) is 9.59 Å². The molecule has 0 saturated heterocycles. The fourth-order valence-electron chi connectivity index (χ4n) is 3.58. The monoisotopic (exact) mass is 393 g/mol. The molecule has 0 bridgehead atoms. The van der Waals surface area contributed by atoms with Crippen LogP contribution < -0.4 is 10.3 Å². The molecule has 1 atom stereocenters. The van der Waals surface area contributed by atoms with Gasteiger partial charge in [-0.2, -0.15) is 0 Å². The zero-order valence-corrected chi connectivity index (χ0v) is 17.2. The van der Waals surface area contributed by atoms with Gasteiger partial charge in [-0.3, -0.25) is 15.1 Å². The number of carbonyl (C=O) groups excluding carboxylic acids is 2. The van der Waals surface area contributed by atoms with E-state index in [1.54, 1.807) is 13.0 Å². The summed E-state index contributed by atoms with van der Waals surface area (Å²) in [5.74, 6) is 0.120. The Labute approximate surface area is 172 Å². The molecule has 3 rings (SSSR count). The summed E-state index contributed by atoms with van der Waals surface area (Å²) in [5.41, 5.74) is 3.13. The number of benzene rings is 2. The number of hydrogen-bond acceptors (Lipinski definition) is 4. The van der Waals surface area contributed by atoms with Crippen molar-refractivity contribution in [2.75, 3.05) is 19.7 Å². The van der Waals surface area contributed by atoms with Gasteiger partial charge in [0.15, 0.2) is 5.78 Å². The van der Waals surface area contributed by atoms with Crippen molar-refractivity contribution in [1.82, 2.24) is 5.32 Å². The van der Waals surface area contributed by atoms with Gasteiger partial charge in [0.1, 0.15) is 5.92 Å². The smallest absolute Gasteiger partial charge is 0.338 e. The Morgan fingerprint density at radius 3 is 2.62 bits per heavy atom. The highest BCUT2D eigenvalue weighted by atomic mass is 16.5. The van der Waals surface area contributed by atoms with E-state index in [2.05, 4.69) is 10.3 Å². The fraction of sp³-hybridized carbons (Fsp3) is 0.375. The number of rotatable bonds is 7. The van der Waals surface area contributed by atoms with Crippen LogP contribution in [0.1, 0.15) is 51.6 Å². The number of nitrogens with one attached hydrogen (secondary N) is 2. The second kappa shape index (κ2) is 10.0. The third-order valence-corrected chi connectivity index (χ3v) is 5.17. The molecule has 1 aliphatic heterocycles. The zero-order valence-electron chi connectivity index (χ0n) is 17.2. The molecule has 29 heavy (non-hydrogen) atoms. The van der Waals surface area contributed by atoms with Crippen molar-refractivity contribution in [3.63, 3.8) is 0 Å². The van der Waals surface area contributed by atoms with E-state index in [0.29, 0.717) is 24.2 Å². The largest absolute Gasteiger partial charge is 0.462 e. The molecule has 1 heterocycles. The third kappa shape index (κ3) is 5.31. The van der Waals surface area contributed by atoms with E-state index in [4.69, 9.17) is 4.74 Å². The van der Waals surface area contributed by atoms with Crippen LogP contribution in [0.3, 0.4) is 0 Å². The molecule has 2 aromatic rings. The molecule has 152 valence electrons. The molecule has 0 spiro atoms. The minimum Gasteiger partial charge on any atom is -0.462 e. The molecule has 2 N–H and O–H groups in total. The van der Waals surface area contributed by atoms with Crippen LogP contribution in [0.25, 0.3) is 0 Å². The van der Waals surface area contributed by atoms with Gasteiger partial charge >= 0.3 is 5.97 Å². The number of aryl methyl sites for hydroxylation is 1. The summed E-state index contributed by atoms with van der Waals surface area (Å²) < 4.78 is 5.21. The van der Waals surface area contributed by atoms with Crippen molar-refractivity contribution >= 4 is 17.6 Å². The second-order valence-electron chi connectivity index (χ2n) is 7.34. The van der Waals surface area contributed by atoms with Crippen molar-refractivity contribution in [2.45, 2.75) is 33.1 Å². The van der Waals surface area contributed by atoms with E-state index in [0.717, 1.165) is 42.9 Å². The highest BCUT2D eigenvalue weighted by molar-refractivity contribution is 6.10. The summed E-state index contributed by atoms with van der Waals surface area (Å²) in [4.78, 5) is 29.3. The van der Waals surface area contributed by atoms with Gasteiger partial charge in [0.2, 0.25) is 0 Å². The Hall–Kier alpha value is -2.95. The number of esters is 1. The maximum atomic E-state index is 13.5. The SMILES string of the molecule is CCOC(=O)c1ccccc1CC(C(=O)c1ccc(C)cc1)C1=[NH+]CCCCN1. The van der Waals surface area contributed by atoms with Crippen LogP contribution in [0.15, 0.2) is 48.5 Å². The number of amidine groups is 1. The molecule has 0 aliphatic carbocycles. The van der Waals surface area contributed by atoms with Crippen LogP contribution >= 0.6 is 0 Å². The fourth-order valence-corrected chi connectivity index (χ4v) is 3.58. The summed E-state index contributed by atoms with van der Waals surface area (Å²) in [6.07, 6.45) is 2.54. The van der Waals surface area contributed by atoms with Crippen LogP contribution in [0, 0.1) is 12.8 Å². The average molecular weight is 394 g/mol. The van der Waals surface area contributed by atoms with Crippen molar-refractivity contribution in [1.29, 1.82) is 0 Å². The van der Waals surface area contributed by atoms with Crippen LogP contribution in [-0.4, -0.2) is 37.3 Å². The molecule has 5 heteroatoms. The maximum Gasteiger partial charge on any atom is 0.338 e. The predicted molar refractivity (Wildman–Crippen MR) is 113 cm³/mol. The summed E-state index contributed by atoms with van der Waals surface area (Å²) in [6.45, 7) is 5.78. The van der Waals surface area contributed by atoms with Gasteiger partial charge in [0.25, 0.3) is 5.84 Å². The first-order valence-electron chi connectivity index (χ1n) is 10.3. The summed E-state index contributed by atoms with van der Waals surface area (Å²) in [7, 11) is 0. The molecule has 0 radical (unpaired) electrons. The van der Waals surface area contributed by atoms with Gasteiger partial charge in [0.05, 0.1) is 25.3 Å². The van der Waals surface area contributed by atoms with E-state index in [-0.39, 0.29) is 11.8 Å². The minimum atomic E-state index is -0.411. The van der Waals surface area contributed by atoms with Gasteiger partial charge in [-0.15, -0.1) is 0 Å². The molecule has 0 aromatic heterocycles. The molecule has 2 aromatic carbocycles. The molecular formula is C24H29N2O3+. The molecule has 0 fully saturated rings. The molecule has 1 unspecified atom stereocenters. The number of Topliss-reactive ketones (excluding diaryl/α,β-unsaturated/α-hetero) is 1. The van der Waals surface area contributed by atoms with Gasteiger partial charge in [-0.1, -0.05) is 48.0 Å². The number of ether oxygens (including phenoxy) is 1. The molecule has 1 aliphatic rings. The van der Waals surface area contributed by atoms with Gasteiger partial charge in [-0.25, -0.2) is 4.79 Å².